The molecule has 1 heterocycles. The maximum absolute atomic E-state index is 12.4. The highest BCUT2D eigenvalue weighted by Gasteiger charge is 2.13. The summed E-state index contributed by atoms with van der Waals surface area (Å²) < 4.78 is 0. The molecule has 1 aromatic carbocycles. The van der Waals surface area contributed by atoms with Gasteiger partial charge in [0, 0.05) is 62.5 Å². The van der Waals surface area contributed by atoms with E-state index in [1.807, 2.05) is 41.6 Å². The quantitative estimate of drug-likeness (QED) is 0.632. The standard InChI is InChI=1S/C19H25Cl2N3O/c20-8-12-23(13-9-21)14-10-22-19(25)18-7-4-11-24(16-18)15-17-5-2-1-3-6-17/h1-6,11,16H,7-10,12-15H2,(H,22,25). The number of halogens is 2. The molecule has 0 saturated heterocycles. The van der Waals surface area contributed by atoms with Crippen molar-refractivity contribution in [3.8, 4) is 0 Å². The second kappa shape index (κ2) is 11.2. The number of rotatable bonds is 10. The van der Waals surface area contributed by atoms with Crippen molar-refractivity contribution in [2.75, 3.05) is 37.9 Å². The summed E-state index contributed by atoms with van der Waals surface area (Å²) in [4.78, 5) is 16.6. The van der Waals surface area contributed by atoms with Gasteiger partial charge in [0.2, 0.25) is 5.91 Å². The van der Waals surface area contributed by atoms with E-state index in [1.165, 1.54) is 5.56 Å². The first-order chi connectivity index (χ1) is 12.2. The van der Waals surface area contributed by atoms with E-state index < -0.39 is 0 Å². The Hall–Kier alpha value is -1.49. The third kappa shape index (κ3) is 7.10. The number of benzene rings is 1. The van der Waals surface area contributed by atoms with Gasteiger partial charge in [0.25, 0.3) is 0 Å². The molecule has 25 heavy (non-hydrogen) atoms. The van der Waals surface area contributed by atoms with Crippen LogP contribution in [0.25, 0.3) is 0 Å². The van der Waals surface area contributed by atoms with E-state index >= 15 is 0 Å². The molecule has 1 amide bonds. The Morgan fingerprint density at radius 3 is 2.52 bits per heavy atom. The second-order valence-corrected chi connectivity index (χ2v) is 6.63. The molecule has 136 valence electrons. The van der Waals surface area contributed by atoms with E-state index in [-0.39, 0.29) is 5.91 Å². The van der Waals surface area contributed by atoms with Crippen molar-refractivity contribution in [2.45, 2.75) is 13.0 Å². The van der Waals surface area contributed by atoms with E-state index in [1.54, 1.807) is 0 Å². The minimum Gasteiger partial charge on any atom is -0.351 e. The zero-order valence-electron chi connectivity index (χ0n) is 14.3. The van der Waals surface area contributed by atoms with Crippen LogP contribution in [-0.2, 0) is 11.3 Å². The summed E-state index contributed by atoms with van der Waals surface area (Å²) in [5.41, 5.74) is 1.99. The Bertz CT molecular complexity index is 584. The van der Waals surface area contributed by atoms with Crippen LogP contribution < -0.4 is 5.32 Å². The number of amides is 1. The molecule has 1 aliphatic heterocycles. The van der Waals surface area contributed by atoms with Gasteiger partial charge in [-0.3, -0.25) is 9.69 Å². The van der Waals surface area contributed by atoms with Crippen LogP contribution in [0, 0.1) is 0 Å². The fourth-order valence-electron chi connectivity index (χ4n) is 2.67. The molecule has 0 radical (unpaired) electrons. The summed E-state index contributed by atoms with van der Waals surface area (Å²) in [5.74, 6) is 1.11. The third-order valence-corrected chi connectivity index (χ3v) is 4.31. The molecule has 0 spiro atoms. The van der Waals surface area contributed by atoms with Crippen LogP contribution in [0.15, 0.2) is 54.4 Å². The largest absolute Gasteiger partial charge is 0.351 e. The van der Waals surface area contributed by atoms with Crippen molar-refractivity contribution >= 4 is 29.1 Å². The lowest BCUT2D eigenvalue weighted by atomic mass is 10.1. The summed E-state index contributed by atoms with van der Waals surface area (Å²) in [6, 6.07) is 10.2. The Morgan fingerprint density at radius 1 is 1.12 bits per heavy atom. The highest BCUT2D eigenvalue weighted by molar-refractivity contribution is 6.18. The molecule has 6 heteroatoms. The Labute approximate surface area is 160 Å². The zero-order chi connectivity index (χ0) is 17.9. The van der Waals surface area contributed by atoms with Crippen LogP contribution in [0.5, 0.6) is 0 Å². The number of carbonyl (C=O) groups excluding carboxylic acids is 1. The van der Waals surface area contributed by atoms with Gasteiger partial charge in [-0.2, -0.15) is 0 Å². The van der Waals surface area contributed by atoms with Crippen LogP contribution in [0.2, 0.25) is 0 Å². The predicted molar refractivity (Wildman–Crippen MR) is 105 cm³/mol. The Kier molecular flexibility index (Phi) is 8.87. The summed E-state index contributed by atoms with van der Waals surface area (Å²) >= 11 is 11.6. The first kappa shape index (κ1) is 19.8. The topological polar surface area (TPSA) is 35.6 Å². The lowest BCUT2D eigenvalue weighted by molar-refractivity contribution is -0.117. The van der Waals surface area contributed by atoms with Gasteiger partial charge in [-0.05, 0) is 12.0 Å². The molecule has 0 bridgehead atoms. The van der Waals surface area contributed by atoms with Crippen molar-refractivity contribution < 1.29 is 4.79 Å². The molecule has 1 aliphatic rings. The zero-order valence-corrected chi connectivity index (χ0v) is 15.8. The van der Waals surface area contributed by atoms with Crippen LogP contribution in [-0.4, -0.2) is 53.6 Å². The number of nitrogens with one attached hydrogen (secondary N) is 1. The average molecular weight is 382 g/mol. The highest BCUT2D eigenvalue weighted by atomic mass is 35.5. The van der Waals surface area contributed by atoms with Gasteiger partial charge in [0.15, 0.2) is 0 Å². The summed E-state index contributed by atoms with van der Waals surface area (Å²) in [7, 11) is 0. The molecule has 0 atom stereocenters. The van der Waals surface area contributed by atoms with Crippen molar-refractivity contribution in [1.82, 2.24) is 15.1 Å². The second-order valence-electron chi connectivity index (χ2n) is 5.88. The lowest BCUT2D eigenvalue weighted by Gasteiger charge is -2.22. The maximum atomic E-state index is 12.4. The third-order valence-electron chi connectivity index (χ3n) is 3.97. The van der Waals surface area contributed by atoms with Crippen LogP contribution in [0.1, 0.15) is 12.0 Å². The minimum absolute atomic E-state index is 0.0147. The number of hydrogen-bond donors (Lipinski definition) is 1. The normalized spacial score (nSPS) is 13.9. The van der Waals surface area contributed by atoms with Crippen molar-refractivity contribution in [2.24, 2.45) is 0 Å². The van der Waals surface area contributed by atoms with Gasteiger partial charge >= 0.3 is 0 Å². The van der Waals surface area contributed by atoms with E-state index in [4.69, 9.17) is 23.2 Å². The molecule has 0 fully saturated rings. The molecule has 4 nitrogen and oxygen atoms in total. The molecule has 0 unspecified atom stereocenters. The summed E-state index contributed by atoms with van der Waals surface area (Å²) in [6.45, 7) is 3.66. The maximum Gasteiger partial charge on any atom is 0.249 e. The van der Waals surface area contributed by atoms with Gasteiger partial charge in [-0.1, -0.05) is 36.4 Å². The molecule has 0 saturated carbocycles. The summed E-state index contributed by atoms with van der Waals surface area (Å²) in [6.07, 6.45) is 6.62. The molecule has 0 aliphatic carbocycles. The smallest absolute Gasteiger partial charge is 0.249 e. The number of carbonyl (C=O) groups is 1. The average Bonchev–Trinajstić information content (AvgIpc) is 2.63. The number of allylic oxidation sites excluding steroid dienone is 1. The van der Waals surface area contributed by atoms with E-state index in [0.717, 1.165) is 31.8 Å². The van der Waals surface area contributed by atoms with Gasteiger partial charge < -0.3 is 10.2 Å². The lowest BCUT2D eigenvalue weighted by Crippen LogP contribution is -2.37. The van der Waals surface area contributed by atoms with Crippen molar-refractivity contribution in [1.29, 1.82) is 0 Å². The van der Waals surface area contributed by atoms with Crippen molar-refractivity contribution in [3.63, 3.8) is 0 Å². The van der Waals surface area contributed by atoms with Crippen LogP contribution in [0.4, 0.5) is 0 Å². The molecular weight excluding hydrogens is 357 g/mol. The number of nitrogens with zero attached hydrogens (tertiary/aromatic N) is 2. The first-order valence-corrected chi connectivity index (χ1v) is 9.59. The fourth-order valence-corrected chi connectivity index (χ4v) is 3.15. The molecule has 1 aromatic rings. The van der Waals surface area contributed by atoms with Gasteiger partial charge in [-0.25, -0.2) is 0 Å². The Balaban J connectivity index is 1.82. The van der Waals surface area contributed by atoms with Crippen molar-refractivity contribution in [3.05, 3.63) is 59.9 Å². The highest BCUT2D eigenvalue weighted by Crippen LogP contribution is 2.15. The monoisotopic (exact) mass is 381 g/mol. The minimum atomic E-state index is -0.0147. The molecular formula is C19H25Cl2N3O. The number of alkyl halides is 2. The van der Waals surface area contributed by atoms with E-state index in [0.29, 0.717) is 24.7 Å². The first-order valence-electron chi connectivity index (χ1n) is 8.52. The molecule has 2 rings (SSSR count). The number of hydrogen-bond acceptors (Lipinski definition) is 3. The molecule has 1 N–H and O–H groups in total. The fraction of sp³-hybridized carbons (Fsp3) is 0.421. The van der Waals surface area contributed by atoms with Gasteiger partial charge in [0.05, 0.1) is 0 Å². The van der Waals surface area contributed by atoms with Gasteiger partial charge in [0.1, 0.15) is 0 Å². The van der Waals surface area contributed by atoms with Gasteiger partial charge in [-0.15, -0.1) is 23.2 Å². The molecule has 0 aromatic heterocycles. The van der Waals surface area contributed by atoms with E-state index in [2.05, 4.69) is 22.3 Å². The predicted octanol–water partition coefficient (Wildman–Crippen LogP) is 3.19. The van der Waals surface area contributed by atoms with Crippen LogP contribution in [0.3, 0.4) is 0 Å². The SMILES string of the molecule is O=C(NCCN(CCCl)CCCl)C1=CN(Cc2ccccc2)C=CC1. The summed E-state index contributed by atoms with van der Waals surface area (Å²) in [5, 5.41) is 2.99. The Morgan fingerprint density at radius 2 is 1.84 bits per heavy atom. The van der Waals surface area contributed by atoms with E-state index in [9.17, 15) is 4.79 Å². The van der Waals surface area contributed by atoms with Crippen LogP contribution >= 0.6 is 23.2 Å².